The number of hydrogen-bond acceptors (Lipinski definition) is 1. The summed E-state index contributed by atoms with van der Waals surface area (Å²) in [5.74, 6) is 0. The maximum Gasteiger partial charge on any atom is 0.412 e. The number of aryl methyl sites for hydroxylation is 1. The van der Waals surface area contributed by atoms with Crippen LogP contribution in [0.5, 0.6) is 0 Å². The van der Waals surface area contributed by atoms with Crippen LogP contribution in [0.3, 0.4) is 0 Å². The van der Waals surface area contributed by atoms with Crippen LogP contribution in [-0.2, 0) is 12.8 Å². The van der Waals surface area contributed by atoms with Gasteiger partial charge in [-0.2, -0.15) is 0 Å². The predicted octanol–water partition coefficient (Wildman–Crippen LogP) is 4.03. The van der Waals surface area contributed by atoms with Crippen molar-refractivity contribution in [2.45, 2.75) is 19.3 Å². The molecule has 2 rings (SSSR count). The van der Waals surface area contributed by atoms with Crippen LogP contribution < -0.4 is 0 Å². The van der Waals surface area contributed by atoms with E-state index in [1.807, 2.05) is 0 Å². The summed E-state index contributed by atoms with van der Waals surface area (Å²) in [7, 11) is 0. The molecule has 0 spiro atoms. The van der Waals surface area contributed by atoms with E-state index in [1.165, 1.54) is 17.5 Å². The minimum absolute atomic E-state index is 0.668. The number of fused-ring (bicyclic) bond motifs is 1. The fraction of sp³-hybridized carbons (Fsp3) is 0.333. The highest BCUT2D eigenvalue weighted by atomic mass is 127. The average Bonchev–Trinajstić information content (AvgIpc) is 2.53. The first-order chi connectivity index (χ1) is 6.24. The van der Waals surface area contributed by atoms with Gasteiger partial charge in [0.15, 0.2) is 4.98 Å². The molecule has 0 fully saturated rings. The molecule has 0 bridgehead atoms. The van der Waals surface area contributed by atoms with E-state index in [4.69, 9.17) is 5.39 Å². The summed E-state index contributed by atoms with van der Waals surface area (Å²) < 4.78 is 1.97. The van der Waals surface area contributed by atoms with Crippen LogP contribution in [0.15, 0.2) is 10.5 Å². The lowest BCUT2D eigenvalue weighted by molar-refractivity contribution is 0.910. The van der Waals surface area contributed by atoms with Crippen molar-refractivity contribution in [2.24, 2.45) is 0 Å². The van der Waals surface area contributed by atoms with E-state index in [2.05, 4.69) is 49.6 Å². The highest BCUT2D eigenvalue weighted by Crippen LogP contribution is 2.38. The van der Waals surface area contributed by atoms with Crippen molar-refractivity contribution in [3.8, 4) is 0 Å². The van der Waals surface area contributed by atoms with Gasteiger partial charge in [0, 0.05) is 0 Å². The van der Waals surface area contributed by atoms with E-state index < -0.39 is 0 Å². The molecule has 0 unspecified atom stereocenters. The summed E-state index contributed by atoms with van der Waals surface area (Å²) in [5, 5.41) is 8.82. The van der Waals surface area contributed by atoms with Gasteiger partial charge in [0.1, 0.15) is 8.04 Å². The molecule has 66 valence electrons. The van der Waals surface area contributed by atoms with E-state index in [9.17, 15) is 0 Å². The normalized spacial score (nSPS) is 13.9. The molecular weight excluding hydrogens is 343 g/mol. The molecule has 1 aromatic carbocycles. The molecule has 13 heavy (non-hydrogen) atoms. The van der Waals surface area contributed by atoms with Crippen molar-refractivity contribution in [1.82, 2.24) is 0 Å². The summed E-state index contributed by atoms with van der Waals surface area (Å²) in [6, 6.07) is 2.07. The topological polar surface area (TPSA) is 28.1 Å². The van der Waals surface area contributed by atoms with E-state index in [-0.39, 0.29) is 0 Å². The van der Waals surface area contributed by atoms with Gasteiger partial charge in [-0.3, -0.25) is 0 Å². The van der Waals surface area contributed by atoms with Gasteiger partial charge in [-0.1, -0.05) is 0 Å². The molecule has 1 aliphatic rings. The SMILES string of the molecule is N#[N+]c1c(Br)cc2c(c1I)CCC2. The summed E-state index contributed by atoms with van der Waals surface area (Å²) in [5.41, 5.74) is 3.42. The van der Waals surface area contributed by atoms with E-state index in [0.29, 0.717) is 5.69 Å². The van der Waals surface area contributed by atoms with E-state index in [0.717, 1.165) is 20.9 Å². The number of benzene rings is 1. The Kier molecular flexibility index (Phi) is 2.56. The van der Waals surface area contributed by atoms with Crippen LogP contribution in [0, 0.1) is 8.96 Å². The maximum absolute atomic E-state index is 8.82. The van der Waals surface area contributed by atoms with Gasteiger partial charge in [-0.15, -0.1) is 0 Å². The summed E-state index contributed by atoms with van der Waals surface area (Å²) in [6.07, 6.45) is 3.48. The van der Waals surface area contributed by atoms with Crippen molar-refractivity contribution in [1.29, 1.82) is 5.39 Å². The standard InChI is InChI=1S/C9H7BrIN2/c10-7-4-5-2-1-3-6(5)8(11)9(7)13-12/h4H,1-3H2/q+1. The Morgan fingerprint density at radius 3 is 2.92 bits per heavy atom. The number of halogens is 2. The lowest BCUT2D eigenvalue weighted by atomic mass is 10.1. The van der Waals surface area contributed by atoms with Crippen molar-refractivity contribution in [3.63, 3.8) is 0 Å². The van der Waals surface area contributed by atoms with Crippen LogP contribution in [-0.4, -0.2) is 0 Å². The monoisotopic (exact) mass is 349 g/mol. The third-order valence-corrected chi connectivity index (χ3v) is 4.13. The van der Waals surface area contributed by atoms with Gasteiger partial charge in [-0.25, -0.2) is 0 Å². The van der Waals surface area contributed by atoms with Crippen molar-refractivity contribution < 1.29 is 0 Å². The summed E-state index contributed by atoms with van der Waals surface area (Å²) in [4.78, 5) is 3.29. The second-order valence-electron chi connectivity index (χ2n) is 3.11. The van der Waals surface area contributed by atoms with Gasteiger partial charge >= 0.3 is 5.69 Å². The van der Waals surface area contributed by atoms with Gasteiger partial charge < -0.3 is 0 Å². The largest absolute Gasteiger partial charge is 0.412 e. The number of rotatable bonds is 0. The van der Waals surface area contributed by atoms with Crippen LogP contribution in [0.25, 0.3) is 4.98 Å². The first-order valence-corrected chi connectivity index (χ1v) is 5.96. The Bertz CT molecular complexity index is 408. The van der Waals surface area contributed by atoms with Crippen molar-refractivity contribution >= 4 is 44.2 Å². The molecule has 0 aliphatic heterocycles. The molecule has 0 saturated heterocycles. The molecule has 0 amide bonds. The zero-order valence-electron chi connectivity index (χ0n) is 6.85. The Morgan fingerprint density at radius 1 is 1.46 bits per heavy atom. The van der Waals surface area contributed by atoms with Crippen LogP contribution >= 0.6 is 38.5 Å². The van der Waals surface area contributed by atoms with Gasteiger partial charge in [-0.05, 0) is 75.0 Å². The highest BCUT2D eigenvalue weighted by Gasteiger charge is 2.25. The highest BCUT2D eigenvalue weighted by molar-refractivity contribution is 14.1. The third kappa shape index (κ3) is 1.48. The molecule has 0 atom stereocenters. The van der Waals surface area contributed by atoms with E-state index in [1.54, 1.807) is 0 Å². The summed E-state index contributed by atoms with van der Waals surface area (Å²) >= 11 is 5.65. The third-order valence-electron chi connectivity index (χ3n) is 2.36. The number of nitrogens with zero attached hydrogens (tertiary/aromatic N) is 2. The zero-order chi connectivity index (χ0) is 9.42. The van der Waals surface area contributed by atoms with Crippen LogP contribution in [0.1, 0.15) is 17.5 Å². The number of hydrogen-bond donors (Lipinski definition) is 0. The Labute approximate surface area is 98.6 Å². The number of diazo groups is 1. The molecule has 0 saturated carbocycles. The molecule has 0 aromatic heterocycles. The van der Waals surface area contributed by atoms with Crippen molar-refractivity contribution in [3.05, 3.63) is 30.2 Å². The molecule has 0 heterocycles. The molecule has 1 aliphatic carbocycles. The predicted molar refractivity (Wildman–Crippen MR) is 63.6 cm³/mol. The van der Waals surface area contributed by atoms with Crippen molar-refractivity contribution in [2.75, 3.05) is 0 Å². The molecule has 0 N–H and O–H groups in total. The summed E-state index contributed by atoms with van der Waals surface area (Å²) in [6.45, 7) is 0. The van der Waals surface area contributed by atoms with Gasteiger partial charge in [0.25, 0.3) is 0 Å². The van der Waals surface area contributed by atoms with E-state index >= 15 is 0 Å². The first kappa shape index (κ1) is 9.41. The molecule has 2 nitrogen and oxygen atoms in total. The quantitative estimate of drug-likeness (QED) is 0.513. The van der Waals surface area contributed by atoms with Crippen LogP contribution in [0.2, 0.25) is 0 Å². The molecule has 1 aromatic rings. The maximum atomic E-state index is 8.82. The molecular formula is C9H7BrIN2+. The van der Waals surface area contributed by atoms with Gasteiger partial charge in [0.05, 0.1) is 0 Å². The fourth-order valence-corrected chi connectivity index (χ4v) is 3.68. The fourth-order valence-electron chi connectivity index (χ4n) is 1.74. The Balaban J connectivity index is 2.71. The minimum Gasteiger partial charge on any atom is -0.0451 e. The molecule has 0 radical (unpaired) electrons. The second kappa shape index (κ2) is 3.54. The Hall–Kier alpha value is -0.150. The lowest BCUT2D eigenvalue weighted by Gasteiger charge is -1.99. The first-order valence-electron chi connectivity index (χ1n) is 4.09. The Morgan fingerprint density at radius 2 is 2.23 bits per heavy atom. The second-order valence-corrected chi connectivity index (χ2v) is 5.05. The zero-order valence-corrected chi connectivity index (χ0v) is 10.6. The van der Waals surface area contributed by atoms with Gasteiger partial charge in [0.2, 0.25) is 5.39 Å². The smallest absolute Gasteiger partial charge is 0.0451 e. The molecule has 4 heteroatoms. The van der Waals surface area contributed by atoms with Crippen LogP contribution in [0.4, 0.5) is 5.69 Å². The minimum atomic E-state index is 0.668. The average molecular weight is 350 g/mol. The lowest BCUT2D eigenvalue weighted by Crippen LogP contribution is -1.88.